The second kappa shape index (κ2) is 8.15. The monoisotopic (exact) mass is 332 g/mol. The molecular weight excluding hydrogens is 304 g/mol. The molecular formula is C18H28N4O2. The zero-order valence-electron chi connectivity index (χ0n) is 15.0. The lowest BCUT2D eigenvalue weighted by atomic mass is 9.95. The van der Waals surface area contributed by atoms with Gasteiger partial charge < -0.3 is 25.7 Å². The van der Waals surface area contributed by atoms with E-state index in [2.05, 4.69) is 22.5 Å². The van der Waals surface area contributed by atoms with Gasteiger partial charge in [-0.2, -0.15) is 0 Å². The number of carbonyl (C=O) groups excluding carboxylic acids is 1. The molecule has 1 fully saturated rings. The average molecular weight is 332 g/mol. The fraction of sp³-hybridized carbons (Fsp3) is 0.556. The first-order valence-corrected chi connectivity index (χ1v) is 8.50. The van der Waals surface area contributed by atoms with Crippen LogP contribution >= 0.6 is 0 Å². The molecule has 0 saturated carbocycles. The van der Waals surface area contributed by atoms with Crippen LogP contribution in [0.25, 0.3) is 0 Å². The van der Waals surface area contributed by atoms with Crippen molar-refractivity contribution in [3.63, 3.8) is 0 Å². The molecule has 0 radical (unpaired) electrons. The SMILES string of the molecule is CCN(c1c(C)c(C(=O)OC)cc(NC)c1C=N)C1CCNCC1. The van der Waals surface area contributed by atoms with Crippen molar-refractivity contribution in [2.75, 3.05) is 44.0 Å². The summed E-state index contributed by atoms with van der Waals surface area (Å²) < 4.78 is 4.95. The van der Waals surface area contributed by atoms with Gasteiger partial charge in [0.15, 0.2) is 0 Å². The molecule has 0 unspecified atom stereocenters. The predicted octanol–water partition coefficient (Wildman–Crippen LogP) is 2.40. The maximum Gasteiger partial charge on any atom is 0.338 e. The first-order chi connectivity index (χ1) is 11.6. The van der Waals surface area contributed by atoms with Crippen LogP contribution in [0.2, 0.25) is 0 Å². The highest BCUT2D eigenvalue weighted by atomic mass is 16.5. The normalized spacial score (nSPS) is 15.0. The van der Waals surface area contributed by atoms with Gasteiger partial charge in [0.25, 0.3) is 0 Å². The number of ether oxygens (including phenoxy) is 1. The fourth-order valence-corrected chi connectivity index (χ4v) is 3.55. The van der Waals surface area contributed by atoms with Crippen LogP contribution < -0.4 is 15.5 Å². The first kappa shape index (κ1) is 18.3. The Morgan fingerprint density at radius 2 is 2.17 bits per heavy atom. The van der Waals surface area contributed by atoms with E-state index in [1.165, 1.54) is 13.3 Å². The van der Waals surface area contributed by atoms with Gasteiger partial charge in [0, 0.05) is 37.1 Å². The summed E-state index contributed by atoms with van der Waals surface area (Å²) in [4.78, 5) is 14.5. The van der Waals surface area contributed by atoms with Gasteiger partial charge in [-0.1, -0.05) is 0 Å². The van der Waals surface area contributed by atoms with E-state index in [0.29, 0.717) is 11.6 Å². The summed E-state index contributed by atoms with van der Waals surface area (Å²) in [5.74, 6) is -0.344. The van der Waals surface area contributed by atoms with Gasteiger partial charge in [-0.3, -0.25) is 0 Å². The smallest absolute Gasteiger partial charge is 0.338 e. The summed E-state index contributed by atoms with van der Waals surface area (Å²) in [6, 6.07) is 2.19. The maximum atomic E-state index is 12.2. The number of rotatable bonds is 6. The van der Waals surface area contributed by atoms with Crippen molar-refractivity contribution in [2.45, 2.75) is 32.7 Å². The number of hydrogen-bond acceptors (Lipinski definition) is 6. The largest absolute Gasteiger partial charge is 0.465 e. The second-order valence-electron chi connectivity index (χ2n) is 6.01. The summed E-state index contributed by atoms with van der Waals surface area (Å²) >= 11 is 0. The van der Waals surface area contributed by atoms with Crippen molar-refractivity contribution in [3.8, 4) is 0 Å². The summed E-state index contributed by atoms with van der Waals surface area (Å²) in [5, 5.41) is 14.4. The molecule has 0 bridgehead atoms. The van der Waals surface area contributed by atoms with Crippen molar-refractivity contribution in [2.24, 2.45) is 0 Å². The van der Waals surface area contributed by atoms with Gasteiger partial charge in [0.2, 0.25) is 0 Å². The highest BCUT2D eigenvalue weighted by molar-refractivity contribution is 6.02. The van der Waals surface area contributed by atoms with Gasteiger partial charge in [-0.05, 0) is 51.4 Å². The highest BCUT2D eigenvalue weighted by Gasteiger charge is 2.27. The van der Waals surface area contributed by atoms with Crippen LogP contribution in [0.1, 0.15) is 41.3 Å². The van der Waals surface area contributed by atoms with Gasteiger partial charge in [0.05, 0.1) is 18.4 Å². The molecule has 0 atom stereocenters. The lowest BCUT2D eigenvalue weighted by Crippen LogP contribution is -2.44. The molecule has 1 aliphatic heterocycles. The van der Waals surface area contributed by atoms with Crippen LogP contribution in [0.4, 0.5) is 11.4 Å². The molecule has 1 aromatic carbocycles. The van der Waals surface area contributed by atoms with Crippen molar-refractivity contribution < 1.29 is 9.53 Å². The molecule has 1 saturated heterocycles. The number of hydrogen-bond donors (Lipinski definition) is 3. The molecule has 6 nitrogen and oxygen atoms in total. The first-order valence-electron chi connectivity index (χ1n) is 8.50. The van der Waals surface area contributed by atoms with E-state index >= 15 is 0 Å². The molecule has 1 aromatic rings. The minimum Gasteiger partial charge on any atom is -0.465 e. The van der Waals surface area contributed by atoms with Crippen LogP contribution in [-0.2, 0) is 4.74 Å². The third-order valence-corrected chi connectivity index (χ3v) is 4.79. The Kier molecular flexibility index (Phi) is 6.20. The van der Waals surface area contributed by atoms with E-state index in [1.807, 2.05) is 14.0 Å². The number of nitrogens with zero attached hydrogens (tertiary/aromatic N) is 1. The second-order valence-corrected chi connectivity index (χ2v) is 6.01. The van der Waals surface area contributed by atoms with Gasteiger partial charge in [-0.25, -0.2) is 4.79 Å². The number of nitrogens with one attached hydrogen (secondary N) is 3. The maximum absolute atomic E-state index is 12.2. The molecule has 132 valence electrons. The van der Waals surface area contributed by atoms with Gasteiger partial charge in [0.1, 0.15) is 0 Å². The number of methoxy groups -OCH3 is 1. The Hall–Kier alpha value is -2.08. The predicted molar refractivity (Wildman–Crippen MR) is 98.9 cm³/mol. The number of esters is 1. The molecule has 6 heteroatoms. The Balaban J connectivity index is 2.63. The molecule has 1 aliphatic rings. The topological polar surface area (TPSA) is 77.5 Å². The molecule has 0 amide bonds. The lowest BCUT2D eigenvalue weighted by Gasteiger charge is -2.38. The summed E-state index contributed by atoms with van der Waals surface area (Å²) in [5.41, 5.74) is 3.99. The van der Waals surface area contributed by atoms with E-state index < -0.39 is 0 Å². The zero-order chi connectivity index (χ0) is 17.7. The van der Waals surface area contributed by atoms with E-state index in [-0.39, 0.29) is 5.97 Å². The minimum atomic E-state index is -0.344. The molecule has 3 N–H and O–H groups in total. The van der Waals surface area contributed by atoms with Gasteiger partial charge in [-0.15, -0.1) is 0 Å². The number of piperidine rings is 1. The van der Waals surface area contributed by atoms with E-state index in [4.69, 9.17) is 10.1 Å². The van der Waals surface area contributed by atoms with Crippen LogP contribution in [-0.4, -0.2) is 52.0 Å². The molecule has 24 heavy (non-hydrogen) atoms. The van der Waals surface area contributed by atoms with Crippen LogP contribution in [0.15, 0.2) is 6.07 Å². The molecule has 0 aliphatic carbocycles. The zero-order valence-corrected chi connectivity index (χ0v) is 15.0. The van der Waals surface area contributed by atoms with E-state index in [0.717, 1.165) is 55.0 Å². The fourth-order valence-electron chi connectivity index (χ4n) is 3.55. The number of carbonyl (C=O) groups is 1. The molecule has 2 rings (SSSR count). The summed E-state index contributed by atoms with van der Waals surface area (Å²) in [6.45, 7) is 6.89. The van der Waals surface area contributed by atoms with Gasteiger partial charge >= 0.3 is 5.97 Å². The van der Waals surface area contributed by atoms with Crippen molar-refractivity contribution in [1.29, 1.82) is 5.41 Å². The number of benzene rings is 1. The number of anilines is 2. The van der Waals surface area contributed by atoms with E-state index in [1.54, 1.807) is 6.07 Å². The molecule has 0 aromatic heterocycles. The third kappa shape index (κ3) is 3.38. The quantitative estimate of drug-likeness (QED) is 0.551. The van der Waals surface area contributed by atoms with Crippen molar-refractivity contribution >= 4 is 23.6 Å². The lowest BCUT2D eigenvalue weighted by molar-refractivity contribution is 0.0600. The Labute approximate surface area is 144 Å². The molecule has 0 spiro atoms. The third-order valence-electron chi connectivity index (χ3n) is 4.79. The van der Waals surface area contributed by atoms with Crippen LogP contribution in [0, 0.1) is 12.3 Å². The van der Waals surface area contributed by atoms with E-state index in [9.17, 15) is 4.79 Å². The van der Waals surface area contributed by atoms with Crippen molar-refractivity contribution in [1.82, 2.24) is 5.32 Å². The Morgan fingerprint density at radius 3 is 2.67 bits per heavy atom. The van der Waals surface area contributed by atoms with Crippen LogP contribution in [0.3, 0.4) is 0 Å². The Bertz CT molecular complexity index is 610. The summed E-state index contributed by atoms with van der Waals surface area (Å²) in [6.07, 6.45) is 3.49. The highest BCUT2D eigenvalue weighted by Crippen LogP contribution is 2.35. The van der Waals surface area contributed by atoms with Crippen LogP contribution in [0.5, 0.6) is 0 Å². The standard InChI is InChI=1S/C18H28N4O2/c1-5-22(13-6-8-21-9-7-13)17-12(2)14(18(23)24-4)10-16(20-3)15(17)11-19/h10-11,13,19-21H,5-9H2,1-4H3. The average Bonchev–Trinajstić information content (AvgIpc) is 2.63. The minimum absolute atomic E-state index is 0.344. The summed E-state index contributed by atoms with van der Waals surface area (Å²) in [7, 11) is 3.21. The van der Waals surface area contributed by atoms with Crippen molar-refractivity contribution in [3.05, 3.63) is 22.8 Å². The Morgan fingerprint density at radius 1 is 1.50 bits per heavy atom. The molecule has 1 heterocycles.